The quantitative estimate of drug-likeness (QED) is 0.835. The molecule has 2 heterocycles. The minimum atomic E-state index is -0.911. The first-order valence-electron chi connectivity index (χ1n) is 7.74. The first-order valence-corrected chi connectivity index (χ1v) is 7.74. The summed E-state index contributed by atoms with van der Waals surface area (Å²) < 4.78 is 0. The van der Waals surface area contributed by atoms with E-state index in [1.54, 1.807) is 7.05 Å². The van der Waals surface area contributed by atoms with Gasteiger partial charge in [-0.2, -0.15) is 5.10 Å². The zero-order valence-electron chi connectivity index (χ0n) is 13.5. The Balaban J connectivity index is 1.87. The van der Waals surface area contributed by atoms with Crippen molar-refractivity contribution in [1.29, 1.82) is 0 Å². The monoisotopic (exact) mass is 321 g/mol. The highest BCUT2D eigenvalue weighted by molar-refractivity contribution is 5.75. The number of piperidine rings is 1. The molecule has 23 heavy (non-hydrogen) atoms. The van der Waals surface area contributed by atoms with E-state index in [9.17, 15) is 9.59 Å². The van der Waals surface area contributed by atoms with Crippen LogP contribution in [0, 0.1) is 6.92 Å². The SMILES string of the molecule is Cc1ccc(N2CCCC(NC(=O)N(C)CCC(=O)O)C2)nn1. The minimum absolute atomic E-state index is 0.0200. The number of hydrogen-bond acceptors (Lipinski definition) is 5. The van der Waals surface area contributed by atoms with E-state index < -0.39 is 5.97 Å². The van der Waals surface area contributed by atoms with Crippen molar-refractivity contribution in [2.24, 2.45) is 0 Å². The van der Waals surface area contributed by atoms with E-state index in [0.717, 1.165) is 30.9 Å². The highest BCUT2D eigenvalue weighted by Gasteiger charge is 2.23. The van der Waals surface area contributed by atoms with Crippen LogP contribution in [0.2, 0.25) is 0 Å². The lowest BCUT2D eigenvalue weighted by atomic mass is 10.1. The predicted octanol–water partition coefficient (Wildman–Crippen LogP) is 0.870. The van der Waals surface area contributed by atoms with Crippen molar-refractivity contribution in [3.63, 3.8) is 0 Å². The van der Waals surface area contributed by atoms with Crippen molar-refractivity contribution < 1.29 is 14.7 Å². The molecule has 126 valence electrons. The maximum absolute atomic E-state index is 12.1. The summed E-state index contributed by atoms with van der Waals surface area (Å²) in [6.45, 7) is 3.65. The van der Waals surface area contributed by atoms with E-state index in [-0.39, 0.29) is 25.0 Å². The predicted molar refractivity (Wildman–Crippen MR) is 85.4 cm³/mol. The summed E-state index contributed by atoms with van der Waals surface area (Å²) in [4.78, 5) is 26.2. The van der Waals surface area contributed by atoms with Gasteiger partial charge in [0.15, 0.2) is 5.82 Å². The number of aliphatic carboxylic acids is 1. The van der Waals surface area contributed by atoms with Crippen LogP contribution in [0.3, 0.4) is 0 Å². The topological polar surface area (TPSA) is 98.7 Å². The second kappa shape index (κ2) is 7.75. The zero-order valence-corrected chi connectivity index (χ0v) is 13.5. The second-order valence-electron chi connectivity index (χ2n) is 5.83. The van der Waals surface area contributed by atoms with Crippen LogP contribution in [0.25, 0.3) is 0 Å². The van der Waals surface area contributed by atoms with Crippen LogP contribution in [-0.2, 0) is 4.79 Å². The van der Waals surface area contributed by atoms with Gasteiger partial charge in [-0.1, -0.05) is 0 Å². The molecule has 1 aromatic heterocycles. The Labute approximate surface area is 135 Å². The summed E-state index contributed by atoms with van der Waals surface area (Å²) in [5.41, 5.74) is 0.871. The number of anilines is 1. The number of rotatable bonds is 5. The molecule has 1 atom stereocenters. The van der Waals surface area contributed by atoms with Gasteiger partial charge in [0.2, 0.25) is 0 Å². The second-order valence-corrected chi connectivity index (χ2v) is 5.83. The molecule has 2 amide bonds. The van der Waals surface area contributed by atoms with E-state index in [1.807, 2.05) is 19.1 Å². The van der Waals surface area contributed by atoms with Crippen LogP contribution in [0.5, 0.6) is 0 Å². The molecule has 8 nitrogen and oxygen atoms in total. The van der Waals surface area contributed by atoms with Gasteiger partial charge < -0.3 is 20.2 Å². The third-order valence-electron chi connectivity index (χ3n) is 3.86. The third kappa shape index (κ3) is 5.08. The van der Waals surface area contributed by atoms with E-state index in [0.29, 0.717) is 6.54 Å². The van der Waals surface area contributed by atoms with E-state index in [2.05, 4.69) is 20.4 Å². The number of carbonyl (C=O) groups is 2. The summed E-state index contributed by atoms with van der Waals surface area (Å²) in [5, 5.41) is 19.9. The Morgan fingerprint density at radius 2 is 2.22 bits per heavy atom. The number of aryl methyl sites for hydroxylation is 1. The smallest absolute Gasteiger partial charge is 0.317 e. The molecular formula is C15H23N5O3. The summed E-state index contributed by atoms with van der Waals surface area (Å²) >= 11 is 0. The molecule has 1 aliphatic rings. The van der Waals surface area contributed by atoms with Crippen LogP contribution >= 0.6 is 0 Å². The standard InChI is InChI=1S/C15H23N5O3/c1-11-5-6-13(18-17-11)20-8-3-4-12(10-20)16-15(23)19(2)9-7-14(21)22/h5-6,12H,3-4,7-10H2,1-2H3,(H,16,23)(H,21,22). The first kappa shape index (κ1) is 17.0. The normalized spacial score (nSPS) is 17.7. The average Bonchev–Trinajstić information content (AvgIpc) is 2.53. The number of carboxylic acids is 1. The maximum atomic E-state index is 12.1. The molecule has 1 saturated heterocycles. The number of urea groups is 1. The van der Waals surface area contributed by atoms with Gasteiger partial charge in [0.05, 0.1) is 12.1 Å². The van der Waals surface area contributed by atoms with Crippen LogP contribution in [-0.4, -0.2) is 64.9 Å². The van der Waals surface area contributed by atoms with E-state index in [4.69, 9.17) is 5.11 Å². The van der Waals surface area contributed by atoms with Crippen LogP contribution in [0.1, 0.15) is 25.0 Å². The van der Waals surface area contributed by atoms with Gasteiger partial charge in [-0.25, -0.2) is 4.79 Å². The third-order valence-corrected chi connectivity index (χ3v) is 3.86. The Bertz CT molecular complexity index is 549. The van der Waals surface area contributed by atoms with Gasteiger partial charge in [-0.3, -0.25) is 4.79 Å². The molecular weight excluding hydrogens is 298 g/mol. The van der Waals surface area contributed by atoms with E-state index >= 15 is 0 Å². The highest BCUT2D eigenvalue weighted by atomic mass is 16.4. The number of hydrogen-bond donors (Lipinski definition) is 2. The van der Waals surface area contributed by atoms with Gasteiger partial charge >= 0.3 is 12.0 Å². The summed E-state index contributed by atoms with van der Waals surface area (Å²) in [7, 11) is 1.60. The van der Waals surface area contributed by atoms with Crippen LogP contribution in [0.15, 0.2) is 12.1 Å². The summed E-state index contributed by atoms with van der Waals surface area (Å²) in [5.74, 6) is -0.0970. The molecule has 2 rings (SSSR count). The molecule has 1 aromatic rings. The number of carbonyl (C=O) groups excluding carboxylic acids is 1. The van der Waals surface area contributed by atoms with Crippen molar-refractivity contribution >= 4 is 17.8 Å². The lowest BCUT2D eigenvalue weighted by Gasteiger charge is -2.34. The molecule has 0 aromatic carbocycles. The largest absolute Gasteiger partial charge is 0.481 e. The molecule has 0 radical (unpaired) electrons. The zero-order chi connectivity index (χ0) is 16.8. The van der Waals surface area contributed by atoms with Crippen LogP contribution in [0.4, 0.5) is 10.6 Å². The first-order chi connectivity index (χ1) is 11.0. The Hall–Kier alpha value is -2.38. The molecule has 1 aliphatic heterocycles. The lowest BCUT2D eigenvalue weighted by molar-refractivity contribution is -0.137. The fraction of sp³-hybridized carbons (Fsp3) is 0.600. The number of amides is 2. The van der Waals surface area contributed by atoms with Gasteiger partial charge in [0.25, 0.3) is 0 Å². The molecule has 8 heteroatoms. The van der Waals surface area contributed by atoms with Crippen molar-refractivity contribution in [1.82, 2.24) is 20.4 Å². The van der Waals surface area contributed by atoms with Crippen molar-refractivity contribution in [3.8, 4) is 0 Å². The number of aromatic nitrogens is 2. The maximum Gasteiger partial charge on any atom is 0.317 e. The summed E-state index contributed by atoms with van der Waals surface area (Å²) in [6, 6.07) is 3.63. The average molecular weight is 321 g/mol. The molecule has 0 aliphatic carbocycles. The van der Waals surface area contributed by atoms with Crippen molar-refractivity contribution in [2.45, 2.75) is 32.2 Å². The van der Waals surface area contributed by atoms with E-state index in [1.165, 1.54) is 4.90 Å². The Kier molecular flexibility index (Phi) is 5.72. The number of nitrogens with zero attached hydrogens (tertiary/aromatic N) is 4. The lowest BCUT2D eigenvalue weighted by Crippen LogP contribution is -2.51. The Morgan fingerprint density at radius 3 is 2.87 bits per heavy atom. The fourth-order valence-electron chi connectivity index (χ4n) is 2.51. The van der Waals surface area contributed by atoms with Gasteiger partial charge in [-0.05, 0) is 31.9 Å². The Morgan fingerprint density at radius 1 is 1.43 bits per heavy atom. The van der Waals surface area contributed by atoms with Gasteiger partial charge in [0, 0.05) is 32.7 Å². The summed E-state index contributed by atoms with van der Waals surface area (Å²) in [6.07, 6.45) is 1.80. The molecule has 1 fully saturated rings. The van der Waals surface area contributed by atoms with Crippen molar-refractivity contribution in [3.05, 3.63) is 17.8 Å². The molecule has 0 saturated carbocycles. The fourth-order valence-corrected chi connectivity index (χ4v) is 2.51. The molecule has 2 N–H and O–H groups in total. The van der Waals surface area contributed by atoms with Gasteiger partial charge in [-0.15, -0.1) is 5.10 Å². The molecule has 1 unspecified atom stereocenters. The number of carboxylic acid groups (broad SMARTS) is 1. The van der Waals surface area contributed by atoms with Crippen LogP contribution < -0.4 is 10.2 Å². The minimum Gasteiger partial charge on any atom is -0.481 e. The molecule has 0 bridgehead atoms. The highest BCUT2D eigenvalue weighted by Crippen LogP contribution is 2.17. The van der Waals surface area contributed by atoms with Crippen molar-refractivity contribution in [2.75, 3.05) is 31.6 Å². The van der Waals surface area contributed by atoms with Gasteiger partial charge in [0.1, 0.15) is 0 Å². The number of nitrogens with one attached hydrogen (secondary N) is 1. The molecule has 0 spiro atoms.